The summed E-state index contributed by atoms with van der Waals surface area (Å²) < 4.78 is 3.76. The van der Waals surface area contributed by atoms with Crippen LogP contribution in [0.15, 0.2) is 4.79 Å². The molecule has 1 aromatic rings. The van der Waals surface area contributed by atoms with E-state index in [2.05, 4.69) is 13.8 Å². The first-order valence-corrected chi connectivity index (χ1v) is 5.60. The molecule has 0 fully saturated rings. The van der Waals surface area contributed by atoms with Crippen molar-refractivity contribution in [1.82, 2.24) is 9.36 Å². The lowest BCUT2D eigenvalue weighted by molar-refractivity contribution is 0.389. The second-order valence-corrected chi connectivity index (χ2v) is 4.21. The highest BCUT2D eigenvalue weighted by atomic mass is 16.1. The lowest BCUT2D eigenvalue weighted by Crippen LogP contribution is -2.26. The number of anilines is 1. The van der Waals surface area contributed by atoms with Gasteiger partial charge in [0.05, 0.1) is 5.69 Å². The highest BCUT2D eigenvalue weighted by molar-refractivity contribution is 5.41. The Kier molecular flexibility index (Phi) is 3.61. The van der Waals surface area contributed by atoms with Crippen LogP contribution in [-0.4, -0.2) is 9.36 Å². The van der Waals surface area contributed by atoms with E-state index in [9.17, 15) is 4.79 Å². The predicted molar refractivity (Wildman–Crippen MR) is 63.0 cm³/mol. The summed E-state index contributed by atoms with van der Waals surface area (Å²) in [6, 6.07) is 0. The fraction of sp³-hybridized carbons (Fsp3) is 0.727. The fourth-order valence-electron chi connectivity index (χ4n) is 1.92. The number of nitrogens with zero attached hydrogens (tertiary/aromatic N) is 2. The summed E-state index contributed by atoms with van der Waals surface area (Å²) in [6.07, 6.45) is 0.806. The normalized spacial score (nSPS) is 11.3. The number of aromatic nitrogens is 2. The maximum Gasteiger partial charge on any atom is 0.290 e. The molecule has 15 heavy (non-hydrogen) atoms. The third-order valence-electron chi connectivity index (χ3n) is 2.55. The maximum absolute atomic E-state index is 11.9. The molecule has 2 N–H and O–H groups in total. The molecular formula is C11H21N3O. The van der Waals surface area contributed by atoms with Crippen molar-refractivity contribution in [2.75, 3.05) is 5.73 Å². The van der Waals surface area contributed by atoms with Gasteiger partial charge in [0.15, 0.2) is 0 Å². The number of nitrogen functional groups attached to an aromatic ring is 1. The molecule has 0 aliphatic heterocycles. The summed E-state index contributed by atoms with van der Waals surface area (Å²) in [5, 5.41) is 0. The van der Waals surface area contributed by atoms with Gasteiger partial charge in [-0.1, -0.05) is 20.8 Å². The topological polar surface area (TPSA) is 53.0 Å². The first kappa shape index (κ1) is 11.9. The van der Waals surface area contributed by atoms with E-state index in [0.29, 0.717) is 11.6 Å². The van der Waals surface area contributed by atoms with Crippen molar-refractivity contribution in [3.8, 4) is 0 Å². The Morgan fingerprint density at radius 1 is 1.27 bits per heavy atom. The van der Waals surface area contributed by atoms with Crippen LogP contribution in [0.1, 0.15) is 33.4 Å². The number of rotatable bonds is 4. The molecule has 0 amide bonds. The van der Waals surface area contributed by atoms with Gasteiger partial charge in [0.25, 0.3) is 5.56 Å². The lowest BCUT2D eigenvalue weighted by Gasteiger charge is -2.13. The zero-order valence-electron chi connectivity index (χ0n) is 10.1. The average Bonchev–Trinajstić information content (AvgIpc) is 2.41. The lowest BCUT2D eigenvalue weighted by atomic mass is 10.2. The largest absolute Gasteiger partial charge is 0.393 e. The minimum absolute atomic E-state index is 0.0394. The van der Waals surface area contributed by atoms with Crippen LogP contribution in [0.3, 0.4) is 0 Å². The molecule has 0 radical (unpaired) electrons. The van der Waals surface area contributed by atoms with E-state index in [0.717, 1.165) is 25.2 Å². The SMILES string of the molecule is CCc1c(N)c(=O)n(CC(C)C)n1CC. The Balaban J connectivity index is 3.30. The Morgan fingerprint density at radius 2 is 1.87 bits per heavy atom. The summed E-state index contributed by atoms with van der Waals surface area (Å²) in [5.41, 5.74) is 7.15. The van der Waals surface area contributed by atoms with Crippen molar-refractivity contribution in [1.29, 1.82) is 0 Å². The highest BCUT2D eigenvalue weighted by Crippen LogP contribution is 2.10. The molecule has 0 unspecified atom stereocenters. The van der Waals surface area contributed by atoms with E-state index in [4.69, 9.17) is 5.73 Å². The van der Waals surface area contributed by atoms with Crippen molar-refractivity contribution in [2.24, 2.45) is 5.92 Å². The van der Waals surface area contributed by atoms with E-state index < -0.39 is 0 Å². The van der Waals surface area contributed by atoms with Crippen LogP contribution in [0.25, 0.3) is 0 Å². The van der Waals surface area contributed by atoms with Crippen LogP contribution in [0.4, 0.5) is 5.69 Å². The molecule has 0 aliphatic rings. The van der Waals surface area contributed by atoms with Crippen LogP contribution in [0, 0.1) is 5.92 Å². The van der Waals surface area contributed by atoms with Gasteiger partial charge < -0.3 is 5.73 Å². The maximum atomic E-state index is 11.9. The van der Waals surface area contributed by atoms with E-state index >= 15 is 0 Å². The van der Waals surface area contributed by atoms with Gasteiger partial charge in [-0.3, -0.25) is 9.48 Å². The van der Waals surface area contributed by atoms with Crippen molar-refractivity contribution in [2.45, 2.75) is 47.2 Å². The van der Waals surface area contributed by atoms with Crippen LogP contribution in [-0.2, 0) is 19.5 Å². The molecule has 0 aromatic carbocycles. The molecule has 1 heterocycles. The molecule has 1 rings (SSSR count). The van der Waals surface area contributed by atoms with Gasteiger partial charge in [-0.15, -0.1) is 0 Å². The molecule has 0 bridgehead atoms. The quantitative estimate of drug-likeness (QED) is 0.820. The second kappa shape index (κ2) is 4.55. The van der Waals surface area contributed by atoms with E-state index in [-0.39, 0.29) is 5.56 Å². The van der Waals surface area contributed by atoms with E-state index in [1.54, 1.807) is 4.68 Å². The zero-order valence-corrected chi connectivity index (χ0v) is 10.1. The minimum atomic E-state index is -0.0394. The van der Waals surface area contributed by atoms with Gasteiger partial charge in [0.2, 0.25) is 0 Å². The van der Waals surface area contributed by atoms with Crippen molar-refractivity contribution >= 4 is 5.69 Å². The Morgan fingerprint density at radius 3 is 2.27 bits per heavy atom. The molecule has 0 atom stereocenters. The predicted octanol–water partition coefficient (Wildman–Crippen LogP) is 1.47. The fourth-order valence-corrected chi connectivity index (χ4v) is 1.92. The van der Waals surface area contributed by atoms with Gasteiger partial charge in [0.1, 0.15) is 5.69 Å². The van der Waals surface area contributed by atoms with Gasteiger partial charge >= 0.3 is 0 Å². The molecule has 0 saturated carbocycles. The molecule has 0 spiro atoms. The van der Waals surface area contributed by atoms with Crippen LogP contribution in [0.5, 0.6) is 0 Å². The van der Waals surface area contributed by atoms with Gasteiger partial charge in [-0.2, -0.15) is 0 Å². The summed E-state index contributed by atoms with van der Waals surface area (Å²) in [5.74, 6) is 0.451. The smallest absolute Gasteiger partial charge is 0.290 e. The molecule has 4 nitrogen and oxygen atoms in total. The first-order chi connectivity index (χ1) is 7.02. The summed E-state index contributed by atoms with van der Waals surface area (Å²) in [7, 11) is 0. The van der Waals surface area contributed by atoms with Crippen LogP contribution in [0.2, 0.25) is 0 Å². The average molecular weight is 211 g/mol. The van der Waals surface area contributed by atoms with Crippen molar-refractivity contribution in [3.63, 3.8) is 0 Å². The molecule has 0 saturated heterocycles. The van der Waals surface area contributed by atoms with Crippen LogP contribution < -0.4 is 11.3 Å². The zero-order chi connectivity index (χ0) is 11.6. The monoisotopic (exact) mass is 211 g/mol. The summed E-state index contributed by atoms with van der Waals surface area (Å²) in [4.78, 5) is 11.9. The molecule has 0 aliphatic carbocycles. The minimum Gasteiger partial charge on any atom is -0.393 e. The third-order valence-corrected chi connectivity index (χ3v) is 2.55. The Labute approximate surface area is 90.7 Å². The third kappa shape index (κ3) is 2.08. The summed E-state index contributed by atoms with van der Waals surface area (Å²) >= 11 is 0. The van der Waals surface area contributed by atoms with E-state index in [1.807, 2.05) is 18.5 Å². The van der Waals surface area contributed by atoms with Crippen molar-refractivity contribution < 1.29 is 0 Å². The second-order valence-electron chi connectivity index (χ2n) is 4.21. The van der Waals surface area contributed by atoms with Crippen LogP contribution >= 0.6 is 0 Å². The highest BCUT2D eigenvalue weighted by Gasteiger charge is 2.15. The molecular weight excluding hydrogens is 190 g/mol. The van der Waals surface area contributed by atoms with Gasteiger partial charge in [0, 0.05) is 13.1 Å². The van der Waals surface area contributed by atoms with Crippen molar-refractivity contribution in [3.05, 3.63) is 16.0 Å². The Bertz CT molecular complexity index is 387. The van der Waals surface area contributed by atoms with E-state index in [1.165, 1.54) is 0 Å². The summed E-state index contributed by atoms with van der Waals surface area (Å²) in [6.45, 7) is 9.79. The number of nitrogens with two attached hydrogens (primary N) is 1. The number of hydrogen-bond acceptors (Lipinski definition) is 2. The first-order valence-electron chi connectivity index (χ1n) is 5.60. The number of hydrogen-bond donors (Lipinski definition) is 1. The molecule has 4 heteroatoms. The molecule has 86 valence electrons. The standard InChI is InChI=1S/C11H21N3O/c1-5-9-10(12)11(15)14(7-8(3)4)13(9)6-2/h8H,5-7,12H2,1-4H3. The molecule has 1 aromatic heterocycles. The van der Waals surface area contributed by atoms with Gasteiger partial charge in [-0.25, -0.2) is 4.68 Å². The van der Waals surface area contributed by atoms with Gasteiger partial charge in [-0.05, 0) is 19.3 Å². The Hall–Kier alpha value is -1.19.